The van der Waals surface area contributed by atoms with Crippen molar-refractivity contribution in [1.29, 1.82) is 0 Å². The van der Waals surface area contributed by atoms with Crippen LogP contribution in [0.4, 0.5) is 8.78 Å². The molecule has 0 spiro atoms. The monoisotopic (exact) mass is 716 g/mol. The van der Waals surface area contributed by atoms with Gasteiger partial charge >= 0.3 is 13.3 Å². The summed E-state index contributed by atoms with van der Waals surface area (Å²) < 4.78 is 39.9. The van der Waals surface area contributed by atoms with Crippen LogP contribution in [0.2, 0.25) is 0 Å². The van der Waals surface area contributed by atoms with E-state index in [1.807, 2.05) is 30.3 Å². The Morgan fingerprint density at radius 3 is 2.44 bits per heavy atom. The van der Waals surface area contributed by atoms with Crippen LogP contribution < -0.4 is 21.7 Å². The summed E-state index contributed by atoms with van der Waals surface area (Å²) in [6.45, 7) is 0.192. The number of carbonyl (C=O) groups excluding carboxylic acids is 5. The van der Waals surface area contributed by atoms with E-state index in [9.17, 15) is 37.3 Å². The van der Waals surface area contributed by atoms with Crippen molar-refractivity contribution < 1.29 is 47.1 Å². The first-order chi connectivity index (χ1) is 23.7. The minimum absolute atomic E-state index is 0.0482. The van der Waals surface area contributed by atoms with Crippen LogP contribution in [-0.4, -0.2) is 73.4 Å². The molecule has 0 unspecified atom stereocenters. The lowest BCUT2D eigenvalue weighted by atomic mass is 9.98. The number of H-pyrrole nitrogens is 1. The molecule has 0 aliphatic carbocycles. The highest BCUT2D eigenvalue weighted by Gasteiger charge is 2.50. The highest BCUT2D eigenvalue weighted by Crippen LogP contribution is 2.59. The molecule has 0 bridgehead atoms. The third-order valence-corrected chi connectivity index (χ3v) is 10.1. The molecule has 2 aliphatic heterocycles. The zero-order valence-corrected chi connectivity index (χ0v) is 27.8. The summed E-state index contributed by atoms with van der Waals surface area (Å²) in [5, 5.41) is 8.27. The molecule has 5 rings (SSSR count). The second-order valence-corrected chi connectivity index (χ2v) is 14.3. The molecule has 8 N–H and O–H groups in total. The number of hydrogen-bond donors (Lipinski definition) is 7. The molecule has 2 saturated heterocycles. The van der Waals surface area contributed by atoms with Crippen LogP contribution in [-0.2, 0) is 36.0 Å². The van der Waals surface area contributed by atoms with E-state index in [1.54, 1.807) is 0 Å². The van der Waals surface area contributed by atoms with Crippen LogP contribution in [0.3, 0.4) is 0 Å². The Labute approximate surface area is 285 Å². The second kappa shape index (κ2) is 15.1. The number of primary amides is 1. The molecule has 2 aliphatic rings. The van der Waals surface area contributed by atoms with Crippen LogP contribution in [0.15, 0.2) is 54.6 Å². The van der Waals surface area contributed by atoms with Gasteiger partial charge in [0.05, 0.1) is 0 Å². The van der Waals surface area contributed by atoms with E-state index in [1.165, 1.54) is 17.0 Å². The second-order valence-electron chi connectivity index (χ2n) is 12.6. The molecule has 3 heterocycles. The fourth-order valence-corrected chi connectivity index (χ4v) is 6.98. The van der Waals surface area contributed by atoms with Crippen LogP contribution >= 0.6 is 7.60 Å². The van der Waals surface area contributed by atoms with Crippen molar-refractivity contribution in [1.82, 2.24) is 25.8 Å². The molecule has 4 atom stereocenters. The van der Waals surface area contributed by atoms with Gasteiger partial charge in [0.25, 0.3) is 5.91 Å². The maximum Gasteiger partial charge on any atom is 0.399 e. The van der Waals surface area contributed by atoms with Gasteiger partial charge in [-0.3, -0.25) is 28.5 Å². The Kier molecular flexibility index (Phi) is 11.0. The Bertz CT molecular complexity index is 1820. The van der Waals surface area contributed by atoms with Crippen molar-refractivity contribution in [2.75, 3.05) is 0 Å². The van der Waals surface area contributed by atoms with E-state index in [0.29, 0.717) is 25.7 Å². The molecule has 268 valence electrons. The van der Waals surface area contributed by atoms with Gasteiger partial charge in [-0.1, -0.05) is 49.2 Å². The van der Waals surface area contributed by atoms with E-state index in [4.69, 9.17) is 15.5 Å². The molecule has 17 heteroatoms. The molecular formula is C33H39F2N6O8P. The topological polar surface area (TPSA) is 224 Å². The highest BCUT2D eigenvalue weighted by molar-refractivity contribution is 7.52. The predicted octanol–water partition coefficient (Wildman–Crippen LogP) is 2.49. The van der Waals surface area contributed by atoms with Crippen LogP contribution in [0, 0.1) is 0 Å². The van der Waals surface area contributed by atoms with Crippen molar-refractivity contribution in [3.05, 3.63) is 71.4 Å². The summed E-state index contributed by atoms with van der Waals surface area (Å²) in [5.41, 5.74) is 0.975. The molecule has 2 aromatic carbocycles. The van der Waals surface area contributed by atoms with Crippen molar-refractivity contribution in [3.8, 4) is 0 Å². The first-order valence-corrected chi connectivity index (χ1v) is 17.9. The van der Waals surface area contributed by atoms with Gasteiger partial charge in [-0.25, -0.2) is 0 Å². The fraction of sp³-hybridized carbons (Fsp3) is 0.424. The van der Waals surface area contributed by atoms with Gasteiger partial charge in [-0.15, -0.1) is 0 Å². The lowest BCUT2D eigenvalue weighted by molar-refractivity contribution is -0.143. The number of amides is 5. The Morgan fingerprint density at radius 2 is 1.74 bits per heavy atom. The number of aromatic amines is 1. The molecule has 2 fully saturated rings. The number of halogens is 2. The largest absolute Gasteiger partial charge is 0.399 e. The minimum Gasteiger partial charge on any atom is -0.370 e. The van der Waals surface area contributed by atoms with Gasteiger partial charge in [-0.2, -0.15) is 8.78 Å². The average Bonchev–Trinajstić information content (AvgIpc) is 3.70. The normalized spacial score (nSPS) is 20.4. The summed E-state index contributed by atoms with van der Waals surface area (Å²) in [6.07, 6.45) is 2.89. The fourth-order valence-electron chi connectivity index (χ4n) is 6.50. The van der Waals surface area contributed by atoms with E-state index >= 15 is 0 Å². The van der Waals surface area contributed by atoms with E-state index < -0.39 is 66.5 Å². The van der Waals surface area contributed by atoms with Crippen molar-refractivity contribution in [2.24, 2.45) is 5.73 Å². The Hall–Kier alpha value is -4.66. The quantitative estimate of drug-likeness (QED) is 0.138. The molecule has 50 heavy (non-hydrogen) atoms. The van der Waals surface area contributed by atoms with E-state index in [0.717, 1.165) is 24.1 Å². The number of nitrogens with zero attached hydrogens (tertiary/aromatic N) is 1. The minimum atomic E-state index is -5.81. The van der Waals surface area contributed by atoms with Crippen LogP contribution in [0.25, 0.3) is 10.9 Å². The lowest BCUT2D eigenvalue weighted by Gasteiger charge is -2.35. The maximum atomic E-state index is 14.3. The number of fused-ring (bicyclic) bond motifs is 2. The Balaban J connectivity index is 1.29. The van der Waals surface area contributed by atoms with Gasteiger partial charge in [0, 0.05) is 35.5 Å². The van der Waals surface area contributed by atoms with Gasteiger partial charge in [0.15, 0.2) is 0 Å². The van der Waals surface area contributed by atoms with Gasteiger partial charge in [0.2, 0.25) is 23.6 Å². The first kappa shape index (κ1) is 36.6. The number of aromatic nitrogens is 1. The van der Waals surface area contributed by atoms with Crippen molar-refractivity contribution in [2.45, 2.75) is 87.7 Å². The first-order valence-electron chi connectivity index (χ1n) is 16.3. The smallest absolute Gasteiger partial charge is 0.370 e. The number of alkyl halides is 2. The van der Waals surface area contributed by atoms with Crippen molar-refractivity contribution in [3.63, 3.8) is 0 Å². The number of nitrogens with two attached hydrogens (primary N) is 1. The molecule has 0 saturated carbocycles. The number of hydrogen-bond acceptors (Lipinski definition) is 6. The van der Waals surface area contributed by atoms with Gasteiger partial charge in [-0.05, 0) is 55.9 Å². The van der Waals surface area contributed by atoms with Crippen LogP contribution in [0.1, 0.15) is 73.0 Å². The summed E-state index contributed by atoms with van der Waals surface area (Å²) in [6, 6.07) is 9.90. The summed E-state index contributed by atoms with van der Waals surface area (Å²) >= 11 is 0. The van der Waals surface area contributed by atoms with Crippen molar-refractivity contribution >= 4 is 48.0 Å². The van der Waals surface area contributed by atoms with E-state index in [-0.39, 0.29) is 48.4 Å². The number of rotatable bonds is 12. The Morgan fingerprint density at radius 1 is 1.02 bits per heavy atom. The van der Waals surface area contributed by atoms with Crippen LogP contribution in [0.5, 0.6) is 0 Å². The number of nitrogens with one attached hydrogen (secondary N) is 4. The molecule has 14 nitrogen and oxygen atoms in total. The predicted molar refractivity (Wildman–Crippen MR) is 176 cm³/mol. The number of carbonyl (C=O) groups is 5. The maximum absolute atomic E-state index is 14.3. The highest BCUT2D eigenvalue weighted by atomic mass is 31.2. The van der Waals surface area contributed by atoms with Gasteiger partial charge < -0.3 is 41.4 Å². The lowest BCUT2D eigenvalue weighted by Crippen LogP contribution is -2.58. The summed E-state index contributed by atoms with van der Waals surface area (Å²) in [7, 11) is -5.81. The van der Waals surface area contributed by atoms with E-state index in [2.05, 4.69) is 20.9 Å². The summed E-state index contributed by atoms with van der Waals surface area (Å²) in [4.78, 5) is 88.2. The standard InChI is InChI=1S/C33H39F2N6O8P/c34-33(35,50(47,48)49)21-10-12-23-20(16-21)17-26(38-23)30(44)40-25-9-5-4-8-22-11-14-27(41(22)32(25)46)31(45)39-24(13-15-28(36)42)29(43)37-18-19-6-2-1-3-7-19/h1-3,6-7,10,12,16-17,22,24-25,27,38H,4-5,8-9,11,13-15,18H2,(H2,36,42)(H,37,43)(H,39,45)(H,40,44)(H2,47,48,49)/t22-,24-,25-,27-/m0/s1. The third-order valence-electron chi connectivity index (χ3n) is 9.14. The zero-order valence-electron chi connectivity index (χ0n) is 26.9. The molecule has 1 aromatic heterocycles. The molecular weight excluding hydrogens is 677 g/mol. The zero-order chi connectivity index (χ0) is 36.2. The summed E-state index contributed by atoms with van der Waals surface area (Å²) in [5.74, 6) is -2.94. The molecule has 0 radical (unpaired) electrons. The number of benzene rings is 2. The average molecular weight is 717 g/mol. The third kappa shape index (κ3) is 8.20. The SMILES string of the molecule is NC(=O)CC[C@H](NC(=O)[C@@H]1CC[C@@H]2CCCC[C@H](NC(=O)c3cc4cc(C(F)(F)P(=O)(O)O)ccc4[nH]3)C(=O)N21)C(=O)NCc1ccccc1. The van der Waals surface area contributed by atoms with Gasteiger partial charge in [0.1, 0.15) is 23.8 Å². The molecule has 3 aromatic rings. The molecule has 5 amide bonds.